The lowest BCUT2D eigenvalue weighted by molar-refractivity contribution is -0.139. The van der Waals surface area contributed by atoms with Gasteiger partial charge in [0, 0.05) is 12.1 Å². The van der Waals surface area contributed by atoms with E-state index in [1.807, 2.05) is 24.3 Å². The SMILES string of the molecule is CC(C)(C)c1ccc(C(=O)NCc2ccc(OCC(=O)O)cc2)cc1. The van der Waals surface area contributed by atoms with Crippen LogP contribution in [-0.4, -0.2) is 23.6 Å². The first-order valence-electron chi connectivity index (χ1n) is 8.08. The first-order valence-corrected chi connectivity index (χ1v) is 8.08. The van der Waals surface area contributed by atoms with Crippen LogP contribution in [0.4, 0.5) is 0 Å². The number of carboxylic acid groups (broad SMARTS) is 1. The maximum atomic E-state index is 12.2. The summed E-state index contributed by atoms with van der Waals surface area (Å²) in [5.41, 5.74) is 2.76. The molecule has 25 heavy (non-hydrogen) atoms. The molecule has 0 fully saturated rings. The number of hydrogen-bond acceptors (Lipinski definition) is 3. The third kappa shape index (κ3) is 5.64. The standard InChI is InChI=1S/C20H23NO4/c1-20(2,3)16-8-6-15(7-9-16)19(24)21-12-14-4-10-17(11-5-14)25-13-18(22)23/h4-11H,12-13H2,1-3H3,(H,21,24)(H,22,23). The molecule has 0 heterocycles. The molecule has 0 saturated heterocycles. The molecule has 0 atom stereocenters. The molecule has 2 rings (SSSR count). The molecule has 0 radical (unpaired) electrons. The van der Waals surface area contributed by atoms with E-state index in [1.165, 1.54) is 5.56 Å². The van der Waals surface area contributed by atoms with Crippen LogP contribution in [0.15, 0.2) is 48.5 Å². The molecule has 0 bridgehead atoms. The average molecular weight is 341 g/mol. The summed E-state index contributed by atoms with van der Waals surface area (Å²) in [6, 6.07) is 14.6. The summed E-state index contributed by atoms with van der Waals surface area (Å²) < 4.78 is 5.07. The van der Waals surface area contributed by atoms with Crippen LogP contribution < -0.4 is 10.1 Å². The lowest BCUT2D eigenvalue weighted by Crippen LogP contribution is -2.23. The third-order valence-electron chi connectivity index (χ3n) is 3.75. The molecule has 5 nitrogen and oxygen atoms in total. The van der Waals surface area contributed by atoms with Crippen molar-refractivity contribution in [2.24, 2.45) is 0 Å². The van der Waals surface area contributed by atoms with Crippen molar-refractivity contribution in [3.05, 3.63) is 65.2 Å². The van der Waals surface area contributed by atoms with Crippen molar-refractivity contribution in [2.45, 2.75) is 32.7 Å². The van der Waals surface area contributed by atoms with Crippen LogP contribution in [0.1, 0.15) is 42.3 Å². The van der Waals surface area contributed by atoms with E-state index in [0.29, 0.717) is 17.9 Å². The number of ether oxygens (including phenoxy) is 1. The summed E-state index contributed by atoms with van der Waals surface area (Å²) in [6.45, 7) is 6.41. The molecular weight excluding hydrogens is 318 g/mol. The van der Waals surface area contributed by atoms with Gasteiger partial charge in [-0.25, -0.2) is 4.79 Å². The summed E-state index contributed by atoms with van der Waals surface area (Å²) in [6.07, 6.45) is 0. The molecule has 2 aromatic rings. The highest BCUT2D eigenvalue weighted by Gasteiger charge is 2.14. The third-order valence-corrected chi connectivity index (χ3v) is 3.75. The monoisotopic (exact) mass is 341 g/mol. The number of carbonyl (C=O) groups excluding carboxylic acids is 1. The van der Waals surface area contributed by atoms with Crippen molar-refractivity contribution in [2.75, 3.05) is 6.61 Å². The lowest BCUT2D eigenvalue weighted by Gasteiger charge is -2.19. The Morgan fingerprint density at radius 1 is 1.00 bits per heavy atom. The Labute approximate surface area is 147 Å². The maximum Gasteiger partial charge on any atom is 0.341 e. The van der Waals surface area contributed by atoms with Crippen LogP contribution in [0, 0.1) is 0 Å². The number of amides is 1. The topological polar surface area (TPSA) is 75.6 Å². The van der Waals surface area contributed by atoms with Gasteiger partial charge in [-0.2, -0.15) is 0 Å². The minimum Gasteiger partial charge on any atom is -0.482 e. The Morgan fingerprint density at radius 2 is 1.60 bits per heavy atom. The Kier molecular flexibility index (Phi) is 5.80. The van der Waals surface area contributed by atoms with E-state index in [2.05, 4.69) is 26.1 Å². The van der Waals surface area contributed by atoms with Crippen molar-refractivity contribution in [3.8, 4) is 5.75 Å². The lowest BCUT2D eigenvalue weighted by atomic mass is 9.87. The maximum absolute atomic E-state index is 12.2. The summed E-state index contributed by atoms with van der Waals surface area (Å²) in [5, 5.41) is 11.4. The second-order valence-electron chi connectivity index (χ2n) is 6.84. The van der Waals surface area contributed by atoms with Crippen molar-refractivity contribution in [1.29, 1.82) is 0 Å². The molecule has 0 saturated carbocycles. The highest BCUT2D eigenvalue weighted by atomic mass is 16.5. The van der Waals surface area contributed by atoms with Gasteiger partial charge in [0.15, 0.2) is 6.61 Å². The number of benzene rings is 2. The summed E-state index contributed by atoms with van der Waals surface area (Å²) in [4.78, 5) is 22.7. The van der Waals surface area contributed by atoms with E-state index >= 15 is 0 Å². The fraction of sp³-hybridized carbons (Fsp3) is 0.300. The van der Waals surface area contributed by atoms with Gasteiger partial charge in [-0.05, 0) is 40.8 Å². The Balaban J connectivity index is 1.90. The Morgan fingerprint density at radius 3 is 2.12 bits per heavy atom. The minimum atomic E-state index is -1.02. The van der Waals surface area contributed by atoms with Gasteiger partial charge in [0.05, 0.1) is 0 Å². The number of aliphatic carboxylic acids is 1. The number of rotatable bonds is 6. The summed E-state index contributed by atoms with van der Waals surface area (Å²) in [7, 11) is 0. The predicted octanol–water partition coefficient (Wildman–Crippen LogP) is 3.38. The molecule has 0 aliphatic carbocycles. The van der Waals surface area contributed by atoms with Gasteiger partial charge in [-0.3, -0.25) is 4.79 Å². The fourth-order valence-corrected chi connectivity index (χ4v) is 2.25. The van der Waals surface area contributed by atoms with E-state index in [-0.39, 0.29) is 17.9 Å². The zero-order valence-electron chi connectivity index (χ0n) is 14.7. The molecule has 2 aromatic carbocycles. The smallest absolute Gasteiger partial charge is 0.341 e. The Bertz CT molecular complexity index is 728. The first-order chi connectivity index (χ1) is 11.8. The molecule has 0 aliphatic rings. The quantitative estimate of drug-likeness (QED) is 0.844. The van der Waals surface area contributed by atoms with Crippen molar-refractivity contribution in [3.63, 3.8) is 0 Å². The fourth-order valence-electron chi connectivity index (χ4n) is 2.25. The second kappa shape index (κ2) is 7.83. The molecule has 0 aliphatic heterocycles. The molecule has 0 spiro atoms. The van der Waals surface area contributed by atoms with Gasteiger partial charge in [0.1, 0.15) is 5.75 Å². The van der Waals surface area contributed by atoms with Gasteiger partial charge >= 0.3 is 5.97 Å². The molecule has 5 heteroatoms. The normalized spacial score (nSPS) is 11.0. The highest BCUT2D eigenvalue weighted by Crippen LogP contribution is 2.22. The zero-order chi connectivity index (χ0) is 18.4. The van der Waals surface area contributed by atoms with Crippen LogP contribution in [0.2, 0.25) is 0 Å². The minimum absolute atomic E-state index is 0.0550. The van der Waals surface area contributed by atoms with Gasteiger partial charge in [0.25, 0.3) is 5.91 Å². The average Bonchev–Trinajstić information content (AvgIpc) is 2.58. The Hall–Kier alpha value is -2.82. The molecular formula is C20H23NO4. The van der Waals surface area contributed by atoms with Crippen molar-refractivity contribution in [1.82, 2.24) is 5.32 Å². The molecule has 1 amide bonds. The van der Waals surface area contributed by atoms with Gasteiger partial charge < -0.3 is 15.2 Å². The van der Waals surface area contributed by atoms with Crippen molar-refractivity contribution >= 4 is 11.9 Å². The van der Waals surface area contributed by atoms with Gasteiger partial charge in [-0.1, -0.05) is 45.0 Å². The van der Waals surface area contributed by atoms with Gasteiger partial charge in [0.2, 0.25) is 0 Å². The molecule has 0 unspecified atom stereocenters. The van der Waals surface area contributed by atoms with Crippen LogP contribution >= 0.6 is 0 Å². The molecule has 132 valence electrons. The molecule has 2 N–H and O–H groups in total. The number of nitrogens with one attached hydrogen (secondary N) is 1. The van der Waals surface area contributed by atoms with E-state index in [9.17, 15) is 9.59 Å². The van der Waals surface area contributed by atoms with Crippen LogP contribution in [-0.2, 0) is 16.8 Å². The summed E-state index contributed by atoms with van der Waals surface area (Å²) >= 11 is 0. The number of hydrogen-bond donors (Lipinski definition) is 2. The highest BCUT2D eigenvalue weighted by molar-refractivity contribution is 5.94. The van der Waals surface area contributed by atoms with E-state index in [0.717, 1.165) is 5.56 Å². The van der Waals surface area contributed by atoms with Crippen LogP contribution in [0.3, 0.4) is 0 Å². The van der Waals surface area contributed by atoms with E-state index in [1.54, 1.807) is 24.3 Å². The summed E-state index contributed by atoms with van der Waals surface area (Å²) in [5.74, 6) is -0.671. The second-order valence-corrected chi connectivity index (χ2v) is 6.84. The van der Waals surface area contributed by atoms with Crippen LogP contribution in [0.25, 0.3) is 0 Å². The van der Waals surface area contributed by atoms with Gasteiger partial charge in [-0.15, -0.1) is 0 Å². The zero-order valence-corrected chi connectivity index (χ0v) is 14.7. The van der Waals surface area contributed by atoms with Crippen molar-refractivity contribution < 1.29 is 19.4 Å². The molecule has 0 aromatic heterocycles. The van der Waals surface area contributed by atoms with E-state index < -0.39 is 5.97 Å². The first kappa shape index (κ1) is 18.5. The number of carbonyl (C=O) groups is 2. The predicted molar refractivity (Wildman–Crippen MR) is 95.9 cm³/mol. The van der Waals surface area contributed by atoms with Crippen LogP contribution in [0.5, 0.6) is 5.75 Å². The largest absolute Gasteiger partial charge is 0.482 e. The van der Waals surface area contributed by atoms with E-state index in [4.69, 9.17) is 9.84 Å². The number of carboxylic acids is 1.